The molecule has 108 valence electrons. The number of aromatic nitrogens is 1. The van der Waals surface area contributed by atoms with E-state index in [0.717, 1.165) is 19.4 Å². The number of carbonyl (C=O) groups is 1. The second-order valence-corrected chi connectivity index (χ2v) is 5.63. The van der Waals surface area contributed by atoms with Gasteiger partial charge in [-0.05, 0) is 31.9 Å². The Kier molecular flexibility index (Phi) is 3.81. The number of ether oxygens (including phenoxy) is 1. The van der Waals surface area contributed by atoms with Gasteiger partial charge in [0.1, 0.15) is 11.5 Å². The summed E-state index contributed by atoms with van der Waals surface area (Å²) in [7, 11) is 0. The number of hydrogen-bond acceptors (Lipinski definition) is 4. The molecule has 0 saturated carbocycles. The molecule has 0 aliphatic carbocycles. The maximum absolute atomic E-state index is 12.6. The van der Waals surface area contributed by atoms with Crippen LogP contribution in [0.15, 0.2) is 12.1 Å². The SMILES string of the molecule is CCNc1ccc(Cl)c(C(=O)N2CC3CCC(C2)O3)n1. The van der Waals surface area contributed by atoms with Gasteiger partial charge in [0.05, 0.1) is 17.2 Å². The van der Waals surface area contributed by atoms with Crippen LogP contribution in [0, 0.1) is 0 Å². The number of hydrogen-bond donors (Lipinski definition) is 1. The monoisotopic (exact) mass is 295 g/mol. The summed E-state index contributed by atoms with van der Waals surface area (Å²) in [6.07, 6.45) is 2.42. The van der Waals surface area contributed by atoms with E-state index in [1.54, 1.807) is 12.1 Å². The van der Waals surface area contributed by atoms with Crippen molar-refractivity contribution in [3.8, 4) is 0 Å². The molecule has 2 unspecified atom stereocenters. The Balaban J connectivity index is 1.81. The number of morpholine rings is 1. The molecule has 1 N–H and O–H groups in total. The number of halogens is 1. The Bertz CT molecular complexity index is 511. The van der Waals surface area contributed by atoms with E-state index in [9.17, 15) is 4.79 Å². The molecule has 1 amide bonds. The molecule has 1 aromatic rings. The molecule has 6 heteroatoms. The quantitative estimate of drug-likeness (QED) is 0.928. The average molecular weight is 296 g/mol. The highest BCUT2D eigenvalue weighted by atomic mass is 35.5. The summed E-state index contributed by atoms with van der Waals surface area (Å²) in [5.41, 5.74) is 0.325. The number of rotatable bonds is 3. The summed E-state index contributed by atoms with van der Waals surface area (Å²) in [5, 5.41) is 3.50. The smallest absolute Gasteiger partial charge is 0.274 e. The van der Waals surface area contributed by atoms with E-state index in [1.807, 2.05) is 11.8 Å². The highest BCUT2D eigenvalue weighted by molar-refractivity contribution is 6.33. The average Bonchev–Trinajstić information content (AvgIpc) is 2.79. The Morgan fingerprint density at radius 1 is 1.45 bits per heavy atom. The minimum Gasteiger partial charge on any atom is -0.371 e. The molecule has 2 saturated heterocycles. The van der Waals surface area contributed by atoms with Gasteiger partial charge in [-0.2, -0.15) is 0 Å². The first-order chi connectivity index (χ1) is 9.67. The summed E-state index contributed by atoms with van der Waals surface area (Å²) in [5.74, 6) is 0.575. The molecule has 3 rings (SSSR count). The lowest BCUT2D eigenvalue weighted by Gasteiger charge is -2.32. The van der Waals surface area contributed by atoms with Crippen molar-refractivity contribution in [1.82, 2.24) is 9.88 Å². The molecule has 3 heterocycles. The van der Waals surface area contributed by atoms with Crippen LogP contribution < -0.4 is 5.32 Å². The summed E-state index contributed by atoms with van der Waals surface area (Å²) in [6, 6.07) is 3.50. The standard InChI is InChI=1S/C14H18ClN3O2/c1-2-16-12-6-5-11(15)13(17-12)14(19)18-7-9-3-4-10(8-18)20-9/h5-6,9-10H,2-4,7-8H2,1H3,(H,16,17). The third kappa shape index (κ3) is 2.60. The molecule has 5 nitrogen and oxygen atoms in total. The Morgan fingerprint density at radius 3 is 2.80 bits per heavy atom. The summed E-state index contributed by atoms with van der Waals surface area (Å²) in [4.78, 5) is 18.7. The van der Waals surface area contributed by atoms with Crippen LogP contribution in [0.3, 0.4) is 0 Å². The van der Waals surface area contributed by atoms with Gasteiger partial charge in [-0.1, -0.05) is 11.6 Å². The van der Waals surface area contributed by atoms with Gasteiger partial charge >= 0.3 is 0 Å². The summed E-state index contributed by atoms with van der Waals surface area (Å²) in [6.45, 7) is 4.01. The maximum Gasteiger partial charge on any atom is 0.274 e. The van der Waals surface area contributed by atoms with E-state index in [2.05, 4.69) is 10.3 Å². The predicted octanol–water partition coefficient (Wildman–Crippen LogP) is 2.17. The van der Waals surface area contributed by atoms with Gasteiger partial charge in [-0.25, -0.2) is 4.98 Å². The summed E-state index contributed by atoms with van der Waals surface area (Å²) >= 11 is 6.13. The van der Waals surface area contributed by atoms with E-state index in [0.29, 0.717) is 29.6 Å². The van der Waals surface area contributed by atoms with Gasteiger partial charge in [-0.15, -0.1) is 0 Å². The number of amides is 1. The number of carbonyl (C=O) groups excluding carboxylic acids is 1. The Labute approximate surface area is 123 Å². The van der Waals surface area contributed by atoms with Gasteiger partial charge in [0.2, 0.25) is 0 Å². The molecule has 2 aliphatic heterocycles. The zero-order valence-electron chi connectivity index (χ0n) is 11.4. The fraction of sp³-hybridized carbons (Fsp3) is 0.571. The van der Waals surface area contributed by atoms with Crippen molar-refractivity contribution in [3.05, 3.63) is 22.8 Å². The van der Waals surface area contributed by atoms with Crippen molar-refractivity contribution in [2.75, 3.05) is 25.0 Å². The van der Waals surface area contributed by atoms with Crippen molar-refractivity contribution >= 4 is 23.3 Å². The zero-order chi connectivity index (χ0) is 14.1. The van der Waals surface area contributed by atoms with E-state index in [1.165, 1.54) is 0 Å². The van der Waals surface area contributed by atoms with Crippen molar-refractivity contribution in [3.63, 3.8) is 0 Å². The largest absolute Gasteiger partial charge is 0.371 e. The van der Waals surface area contributed by atoms with Crippen LogP contribution >= 0.6 is 11.6 Å². The highest BCUT2D eigenvalue weighted by Gasteiger charge is 2.36. The molecular weight excluding hydrogens is 278 g/mol. The van der Waals surface area contributed by atoms with E-state index < -0.39 is 0 Å². The fourth-order valence-electron chi connectivity index (χ4n) is 2.80. The molecular formula is C14H18ClN3O2. The third-order valence-corrected chi connectivity index (χ3v) is 4.04. The number of nitrogens with zero attached hydrogens (tertiary/aromatic N) is 2. The van der Waals surface area contributed by atoms with Crippen molar-refractivity contribution < 1.29 is 9.53 Å². The van der Waals surface area contributed by atoms with Gasteiger partial charge in [0.25, 0.3) is 5.91 Å². The lowest BCUT2D eigenvalue weighted by molar-refractivity contribution is -0.0305. The Morgan fingerprint density at radius 2 is 2.15 bits per heavy atom. The first-order valence-corrected chi connectivity index (χ1v) is 7.40. The normalized spacial score (nSPS) is 24.8. The second kappa shape index (κ2) is 5.58. The molecule has 1 aromatic heterocycles. The van der Waals surface area contributed by atoms with Crippen LogP contribution in [0.4, 0.5) is 5.82 Å². The van der Waals surface area contributed by atoms with Gasteiger partial charge < -0.3 is 15.0 Å². The van der Waals surface area contributed by atoms with E-state index in [4.69, 9.17) is 16.3 Å². The zero-order valence-corrected chi connectivity index (χ0v) is 12.2. The first kappa shape index (κ1) is 13.6. The molecule has 0 aromatic carbocycles. The van der Waals surface area contributed by atoms with Crippen molar-refractivity contribution in [2.45, 2.75) is 32.0 Å². The molecule has 2 atom stereocenters. The minimum atomic E-state index is -0.102. The highest BCUT2D eigenvalue weighted by Crippen LogP contribution is 2.28. The van der Waals surface area contributed by atoms with Gasteiger partial charge in [-0.3, -0.25) is 4.79 Å². The van der Waals surface area contributed by atoms with Crippen LogP contribution in [0.5, 0.6) is 0 Å². The first-order valence-electron chi connectivity index (χ1n) is 7.02. The molecule has 2 aliphatic rings. The van der Waals surface area contributed by atoms with Crippen LogP contribution in [0.1, 0.15) is 30.3 Å². The number of anilines is 1. The maximum atomic E-state index is 12.6. The second-order valence-electron chi connectivity index (χ2n) is 5.22. The van der Waals surface area contributed by atoms with Gasteiger partial charge in [0, 0.05) is 19.6 Å². The van der Waals surface area contributed by atoms with Crippen LogP contribution in [0.2, 0.25) is 5.02 Å². The van der Waals surface area contributed by atoms with Crippen LogP contribution in [-0.2, 0) is 4.74 Å². The number of likely N-dealkylation sites (tertiary alicyclic amines) is 1. The molecule has 2 fully saturated rings. The van der Waals surface area contributed by atoms with Crippen molar-refractivity contribution in [1.29, 1.82) is 0 Å². The number of fused-ring (bicyclic) bond motifs is 2. The van der Waals surface area contributed by atoms with Crippen molar-refractivity contribution in [2.24, 2.45) is 0 Å². The lowest BCUT2D eigenvalue weighted by Crippen LogP contribution is -2.46. The van der Waals surface area contributed by atoms with E-state index >= 15 is 0 Å². The molecule has 20 heavy (non-hydrogen) atoms. The number of pyridine rings is 1. The molecule has 0 radical (unpaired) electrons. The minimum absolute atomic E-state index is 0.102. The Hall–Kier alpha value is -1.33. The molecule has 2 bridgehead atoms. The van der Waals surface area contributed by atoms with Crippen LogP contribution in [-0.4, -0.2) is 47.6 Å². The van der Waals surface area contributed by atoms with Gasteiger partial charge in [0.15, 0.2) is 0 Å². The third-order valence-electron chi connectivity index (χ3n) is 3.74. The molecule has 0 spiro atoms. The van der Waals surface area contributed by atoms with Crippen LogP contribution in [0.25, 0.3) is 0 Å². The van der Waals surface area contributed by atoms with E-state index in [-0.39, 0.29) is 18.1 Å². The lowest BCUT2D eigenvalue weighted by atomic mass is 10.2. The number of nitrogens with one attached hydrogen (secondary N) is 1. The summed E-state index contributed by atoms with van der Waals surface area (Å²) < 4.78 is 5.75. The fourth-order valence-corrected chi connectivity index (χ4v) is 2.99. The predicted molar refractivity (Wildman–Crippen MR) is 77.2 cm³/mol. The topological polar surface area (TPSA) is 54.5 Å².